The normalized spacial score (nSPS) is 19.1. The number of nitriles is 1. The molecule has 0 unspecified atom stereocenters. The van der Waals surface area contributed by atoms with Crippen molar-refractivity contribution >= 4 is 39.2 Å². The van der Waals surface area contributed by atoms with E-state index in [1.807, 2.05) is 11.9 Å². The molecule has 240 valence electrons. The van der Waals surface area contributed by atoms with Gasteiger partial charge in [0.15, 0.2) is 5.83 Å². The smallest absolute Gasteiger partial charge is 0.417 e. The van der Waals surface area contributed by atoms with E-state index < -0.39 is 29.5 Å². The monoisotopic (exact) mass is 637 g/mol. The van der Waals surface area contributed by atoms with Crippen molar-refractivity contribution in [1.82, 2.24) is 30.0 Å². The van der Waals surface area contributed by atoms with Crippen LogP contribution in [0.3, 0.4) is 0 Å². The van der Waals surface area contributed by atoms with Crippen molar-refractivity contribution in [2.24, 2.45) is 0 Å². The molecule has 2 atom stereocenters. The van der Waals surface area contributed by atoms with E-state index in [-0.39, 0.29) is 60.4 Å². The second-order valence-corrected chi connectivity index (χ2v) is 11.6. The summed E-state index contributed by atoms with van der Waals surface area (Å²) in [5.41, 5.74) is 5.99. The van der Waals surface area contributed by atoms with Gasteiger partial charge in [-0.1, -0.05) is 6.58 Å². The molecular formula is C31H31F4N9O2. The highest BCUT2D eigenvalue weighted by atomic mass is 19.4. The number of amides is 1. The molecule has 2 aliphatic rings. The lowest BCUT2D eigenvalue weighted by Gasteiger charge is -2.41. The van der Waals surface area contributed by atoms with Gasteiger partial charge in [0.25, 0.3) is 5.91 Å². The van der Waals surface area contributed by atoms with Gasteiger partial charge in [0.2, 0.25) is 0 Å². The molecule has 46 heavy (non-hydrogen) atoms. The standard InChI is InChI=1S/C31H31F4N9O2/c1-17(32)29(45)44-11-10-43(15-19(44)7-8-36)28-26-25(39-30(40-28)46-16-20-4-3-9-42(20)2)13-21(23-14-38-41-27(23)26)22-12-18(37)5-6-24(22)31(33,34)35/h5-6,12-14,19-20H,1,3-4,7,9-11,15-16,37H2,2H3,(H,38,41)/t19-,20-/m0/s1. The summed E-state index contributed by atoms with van der Waals surface area (Å²) in [5, 5.41) is 17.4. The summed E-state index contributed by atoms with van der Waals surface area (Å²) >= 11 is 0. The number of hydrogen-bond acceptors (Lipinski definition) is 9. The van der Waals surface area contributed by atoms with Gasteiger partial charge in [0.05, 0.1) is 46.7 Å². The minimum atomic E-state index is -4.66. The summed E-state index contributed by atoms with van der Waals surface area (Å²) in [4.78, 5) is 27.2. The molecule has 2 aromatic carbocycles. The number of halogens is 4. The second kappa shape index (κ2) is 12.1. The lowest BCUT2D eigenvalue weighted by molar-refractivity contribution is -0.137. The van der Waals surface area contributed by atoms with E-state index >= 15 is 0 Å². The molecule has 2 saturated heterocycles. The number of carbonyl (C=O) groups excluding carboxylic acids is 1. The van der Waals surface area contributed by atoms with Crippen LogP contribution in [-0.4, -0.2) is 87.8 Å². The van der Waals surface area contributed by atoms with E-state index in [0.29, 0.717) is 28.7 Å². The van der Waals surface area contributed by atoms with E-state index in [2.05, 4.69) is 32.7 Å². The quantitative estimate of drug-likeness (QED) is 0.168. The van der Waals surface area contributed by atoms with Crippen molar-refractivity contribution in [3.05, 3.63) is 48.4 Å². The predicted octanol–water partition coefficient (Wildman–Crippen LogP) is 4.66. The molecule has 2 aliphatic heterocycles. The number of anilines is 2. The van der Waals surface area contributed by atoms with E-state index in [4.69, 9.17) is 15.5 Å². The Morgan fingerprint density at radius 1 is 1.20 bits per heavy atom. The van der Waals surface area contributed by atoms with E-state index in [1.165, 1.54) is 29.3 Å². The molecule has 15 heteroatoms. The molecule has 0 spiro atoms. The number of likely N-dealkylation sites (N-methyl/N-ethyl adjacent to an activating group) is 1. The summed E-state index contributed by atoms with van der Waals surface area (Å²) in [5.74, 6) is -1.64. The number of hydrogen-bond donors (Lipinski definition) is 2. The molecular weight excluding hydrogens is 606 g/mol. The fraction of sp³-hybridized carbons (Fsp3) is 0.387. The number of nitrogens with zero attached hydrogens (tertiary/aromatic N) is 7. The zero-order chi connectivity index (χ0) is 32.7. The Labute approximate surface area is 261 Å². The zero-order valence-electron chi connectivity index (χ0n) is 24.9. The maximum atomic E-state index is 14.2. The third-order valence-corrected chi connectivity index (χ3v) is 8.68. The SMILES string of the molecule is C=C(F)C(=O)N1CCN(c2nc(OC[C@@H]3CCCN3C)nc3cc(-c4cc(N)ccc4C(F)(F)F)c4cn[nH]c4c23)C[C@@H]1CC#N. The lowest BCUT2D eigenvalue weighted by atomic mass is 9.94. The summed E-state index contributed by atoms with van der Waals surface area (Å²) in [6, 6.07) is 6.49. The third kappa shape index (κ3) is 5.76. The van der Waals surface area contributed by atoms with E-state index in [1.54, 1.807) is 0 Å². The highest BCUT2D eigenvalue weighted by Gasteiger charge is 2.36. The molecule has 2 aromatic heterocycles. The first-order valence-corrected chi connectivity index (χ1v) is 14.7. The number of benzene rings is 2. The Balaban J connectivity index is 1.52. The topological polar surface area (TPSA) is 140 Å². The molecule has 6 rings (SSSR count). The number of H-pyrrole nitrogens is 1. The Morgan fingerprint density at radius 2 is 2.00 bits per heavy atom. The highest BCUT2D eigenvalue weighted by molar-refractivity contribution is 6.15. The maximum absolute atomic E-state index is 14.2. The molecule has 2 fully saturated rings. The van der Waals surface area contributed by atoms with Gasteiger partial charge in [-0.05, 0) is 61.8 Å². The van der Waals surface area contributed by atoms with Crippen LogP contribution in [-0.2, 0) is 11.0 Å². The van der Waals surface area contributed by atoms with Crippen LogP contribution in [0.4, 0.5) is 29.1 Å². The van der Waals surface area contributed by atoms with Crippen LogP contribution in [0.25, 0.3) is 32.9 Å². The Morgan fingerprint density at radius 3 is 2.70 bits per heavy atom. The number of ether oxygens (including phenoxy) is 1. The van der Waals surface area contributed by atoms with Crippen molar-refractivity contribution in [2.75, 3.05) is 50.5 Å². The number of nitrogen functional groups attached to an aromatic ring is 1. The number of rotatable bonds is 7. The number of carbonyl (C=O) groups is 1. The first-order valence-electron chi connectivity index (χ1n) is 14.7. The van der Waals surface area contributed by atoms with Gasteiger partial charge in [-0.25, -0.2) is 4.39 Å². The molecule has 4 heterocycles. The van der Waals surface area contributed by atoms with E-state index in [0.717, 1.165) is 25.5 Å². The van der Waals surface area contributed by atoms with Crippen LogP contribution < -0.4 is 15.4 Å². The Hall–Kier alpha value is -4.97. The Bertz CT molecular complexity index is 1870. The number of likely N-dealkylation sites (tertiary alicyclic amines) is 1. The largest absolute Gasteiger partial charge is 0.462 e. The van der Waals surface area contributed by atoms with E-state index in [9.17, 15) is 27.6 Å². The minimum Gasteiger partial charge on any atom is -0.462 e. The second-order valence-electron chi connectivity index (χ2n) is 11.6. The molecule has 1 amide bonds. The number of alkyl halides is 3. The average molecular weight is 638 g/mol. The van der Waals surface area contributed by atoms with Crippen LogP contribution in [0.15, 0.2) is 42.9 Å². The predicted molar refractivity (Wildman–Crippen MR) is 163 cm³/mol. The number of piperazine rings is 1. The van der Waals surface area contributed by atoms with Crippen molar-refractivity contribution in [1.29, 1.82) is 5.26 Å². The molecule has 11 nitrogen and oxygen atoms in total. The van der Waals surface area contributed by atoms with Gasteiger partial charge < -0.3 is 25.2 Å². The number of nitrogens with one attached hydrogen (secondary N) is 1. The van der Waals surface area contributed by atoms with Gasteiger partial charge in [-0.2, -0.15) is 33.5 Å². The summed E-state index contributed by atoms with van der Waals surface area (Å²) in [7, 11) is 2.00. The van der Waals surface area contributed by atoms with Gasteiger partial charge in [0, 0.05) is 36.7 Å². The van der Waals surface area contributed by atoms with Crippen LogP contribution in [0.1, 0.15) is 24.8 Å². The number of aromatic nitrogens is 4. The van der Waals surface area contributed by atoms with Crippen molar-refractivity contribution in [2.45, 2.75) is 37.5 Å². The van der Waals surface area contributed by atoms with Gasteiger partial charge in [-0.15, -0.1) is 0 Å². The van der Waals surface area contributed by atoms with Crippen molar-refractivity contribution in [3.8, 4) is 23.2 Å². The third-order valence-electron chi connectivity index (χ3n) is 8.68. The summed E-state index contributed by atoms with van der Waals surface area (Å²) in [6.07, 6.45) is -1.36. The number of fused-ring (bicyclic) bond motifs is 3. The first-order chi connectivity index (χ1) is 22.0. The number of nitrogens with two attached hydrogens (primary N) is 1. The maximum Gasteiger partial charge on any atom is 0.417 e. The minimum absolute atomic E-state index is 0.0173. The van der Waals surface area contributed by atoms with Crippen LogP contribution in [0, 0.1) is 11.3 Å². The average Bonchev–Trinajstić information content (AvgIpc) is 3.67. The zero-order valence-corrected chi connectivity index (χ0v) is 24.9. The van der Waals surface area contributed by atoms with Gasteiger partial charge in [-0.3, -0.25) is 9.89 Å². The summed E-state index contributed by atoms with van der Waals surface area (Å²) in [6.45, 7) is 4.75. The molecule has 0 aliphatic carbocycles. The molecule has 4 aromatic rings. The fourth-order valence-corrected chi connectivity index (χ4v) is 6.34. The van der Waals surface area contributed by atoms with Crippen LogP contribution in [0.2, 0.25) is 0 Å². The molecule has 0 bridgehead atoms. The van der Waals surface area contributed by atoms with Gasteiger partial charge in [0.1, 0.15) is 12.4 Å². The van der Waals surface area contributed by atoms with Crippen molar-refractivity contribution in [3.63, 3.8) is 0 Å². The fourth-order valence-electron chi connectivity index (χ4n) is 6.34. The van der Waals surface area contributed by atoms with Crippen molar-refractivity contribution < 1.29 is 27.1 Å². The van der Waals surface area contributed by atoms with Crippen LogP contribution >= 0.6 is 0 Å². The van der Waals surface area contributed by atoms with Gasteiger partial charge >= 0.3 is 12.2 Å². The highest BCUT2D eigenvalue weighted by Crippen LogP contribution is 2.43. The molecule has 0 radical (unpaired) electrons. The Kier molecular flexibility index (Phi) is 8.15. The summed E-state index contributed by atoms with van der Waals surface area (Å²) < 4.78 is 62.5. The van der Waals surface area contributed by atoms with Crippen LogP contribution in [0.5, 0.6) is 6.01 Å². The molecule has 3 N–H and O–H groups in total. The first kappa shape index (κ1) is 31.0. The molecule has 0 saturated carbocycles. The lowest BCUT2D eigenvalue weighted by Crippen LogP contribution is -2.55. The number of aromatic amines is 1.